The number of fused-ring (bicyclic) bond motifs is 1. The first-order chi connectivity index (χ1) is 13.8. The van der Waals surface area contributed by atoms with Gasteiger partial charge in [0.2, 0.25) is 0 Å². The average Bonchev–Trinajstić information content (AvgIpc) is 3.06. The highest BCUT2D eigenvalue weighted by molar-refractivity contribution is 6.72. The van der Waals surface area contributed by atoms with Gasteiger partial charge in [-0.1, -0.05) is 13.8 Å². The maximum atomic E-state index is 13.2. The normalized spacial score (nSPS) is 13.0. The number of ketones is 1. The molecule has 6 nitrogen and oxygen atoms in total. The molecule has 3 rings (SSSR count). The Morgan fingerprint density at radius 1 is 1.13 bits per heavy atom. The van der Waals surface area contributed by atoms with Crippen molar-refractivity contribution in [3.8, 4) is 0 Å². The van der Waals surface area contributed by atoms with Gasteiger partial charge >= 0.3 is 0 Å². The summed E-state index contributed by atoms with van der Waals surface area (Å²) in [5, 5.41) is 0.704. The summed E-state index contributed by atoms with van der Waals surface area (Å²) in [6, 6.07) is 3.60. The van der Waals surface area contributed by atoms with Gasteiger partial charge in [0.25, 0.3) is 0 Å². The minimum Gasteiger partial charge on any atom is -0.432 e. The Morgan fingerprint density at radius 2 is 1.83 bits per heavy atom. The zero-order valence-electron chi connectivity index (χ0n) is 18.7. The number of carbonyl (C=O) groups is 1. The van der Waals surface area contributed by atoms with Crippen LogP contribution in [-0.4, -0.2) is 33.4 Å². The predicted molar refractivity (Wildman–Crippen MR) is 124 cm³/mol. The lowest BCUT2D eigenvalue weighted by molar-refractivity contribution is 0.103. The maximum absolute atomic E-state index is 13.2. The van der Waals surface area contributed by atoms with E-state index in [-0.39, 0.29) is 16.4 Å². The molecule has 0 aliphatic rings. The molecule has 7 heteroatoms. The summed E-state index contributed by atoms with van der Waals surface area (Å²) in [7, 11) is -2.29. The molecule has 0 aromatic carbocycles. The number of aromatic nitrogens is 3. The molecular formula is C23H32N4O2Si. The van der Waals surface area contributed by atoms with Crippen LogP contribution in [0.25, 0.3) is 10.9 Å². The molecule has 3 heterocycles. The first-order valence-electron chi connectivity index (χ1n) is 10.3. The van der Waals surface area contributed by atoms with Crippen LogP contribution < -0.4 is 5.73 Å². The van der Waals surface area contributed by atoms with Gasteiger partial charge in [-0.25, -0.2) is 0 Å². The van der Waals surface area contributed by atoms with E-state index in [0.29, 0.717) is 16.8 Å². The predicted octanol–water partition coefficient (Wildman–Crippen LogP) is 4.74. The van der Waals surface area contributed by atoms with Crippen LogP contribution in [0, 0.1) is 0 Å². The van der Waals surface area contributed by atoms with E-state index < -0.39 is 8.32 Å². The van der Waals surface area contributed by atoms with E-state index in [4.69, 9.17) is 5.73 Å². The molecule has 0 atom stereocenters. The van der Waals surface area contributed by atoms with Crippen molar-refractivity contribution in [1.29, 1.82) is 0 Å². The Labute approximate surface area is 179 Å². The summed E-state index contributed by atoms with van der Waals surface area (Å²) in [4.78, 5) is 32.2. The molecule has 3 aromatic rings. The van der Waals surface area contributed by atoms with Gasteiger partial charge in [0.1, 0.15) is 0 Å². The van der Waals surface area contributed by atoms with Crippen LogP contribution in [0.1, 0.15) is 56.5 Å². The lowest BCUT2D eigenvalue weighted by Gasteiger charge is -2.38. The monoisotopic (exact) mass is 424 g/mol. The Morgan fingerprint density at radius 3 is 2.47 bits per heavy atom. The van der Waals surface area contributed by atoms with Gasteiger partial charge in [0.05, 0.1) is 11.2 Å². The molecule has 0 amide bonds. The van der Waals surface area contributed by atoms with Crippen LogP contribution in [0.5, 0.6) is 0 Å². The van der Waals surface area contributed by atoms with E-state index in [9.17, 15) is 9.59 Å². The van der Waals surface area contributed by atoms with Gasteiger partial charge < -0.3 is 15.1 Å². The molecule has 160 valence electrons. The Balaban J connectivity index is 2.02. The van der Waals surface area contributed by atoms with Crippen LogP contribution in [0.4, 0.5) is 5.69 Å². The molecule has 0 aliphatic heterocycles. The molecule has 3 aromatic heterocycles. The first kappa shape index (κ1) is 22.2. The quantitative estimate of drug-likeness (QED) is 0.422. The SMILES string of the molecule is CC(C)(CCC(C)(C)[Si](C)(C)O)n1cc(C(=O)c2cncc(N)c2)c2cnccc21. The molecule has 0 aliphatic carbocycles. The second kappa shape index (κ2) is 7.63. The Hall–Kier alpha value is -2.51. The maximum Gasteiger partial charge on any atom is 0.196 e. The van der Waals surface area contributed by atoms with E-state index >= 15 is 0 Å². The van der Waals surface area contributed by atoms with Crippen LogP contribution >= 0.6 is 0 Å². The highest BCUT2D eigenvalue weighted by Crippen LogP contribution is 2.43. The van der Waals surface area contributed by atoms with Crippen molar-refractivity contribution in [2.75, 3.05) is 5.73 Å². The number of hydrogen-bond acceptors (Lipinski definition) is 5. The highest BCUT2D eigenvalue weighted by atomic mass is 28.4. The van der Waals surface area contributed by atoms with E-state index in [0.717, 1.165) is 23.7 Å². The fraction of sp³-hybridized carbons (Fsp3) is 0.435. The zero-order chi connectivity index (χ0) is 22.3. The molecule has 3 N–H and O–H groups in total. The minimum atomic E-state index is -2.29. The fourth-order valence-corrected chi connectivity index (χ4v) is 4.27. The standard InChI is InChI=1S/C23H32N4O2Si/c1-22(2,8-9-23(3,4)30(5,6)29)27-15-19(18-14-25-10-7-20(18)27)21(28)16-11-17(24)13-26-12-16/h7,10-15,29H,8-9,24H2,1-6H3. The molecular weight excluding hydrogens is 392 g/mol. The van der Waals surface area contributed by atoms with Gasteiger partial charge in [0, 0.05) is 53.0 Å². The molecule has 0 spiro atoms. The topological polar surface area (TPSA) is 94.0 Å². The number of nitrogens with zero attached hydrogens (tertiary/aromatic N) is 3. The lowest BCUT2D eigenvalue weighted by Crippen LogP contribution is -2.40. The molecule has 0 bridgehead atoms. The summed E-state index contributed by atoms with van der Waals surface area (Å²) in [6.07, 6.45) is 10.2. The van der Waals surface area contributed by atoms with Crippen LogP contribution in [-0.2, 0) is 5.54 Å². The van der Waals surface area contributed by atoms with Crippen LogP contribution in [0.3, 0.4) is 0 Å². The van der Waals surface area contributed by atoms with Crippen molar-refractivity contribution in [2.45, 2.75) is 64.2 Å². The number of rotatable bonds is 7. The van der Waals surface area contributed by atoms with E-state index in [1.54, 1.807) is 24.7 Å². The summed E-state index contributed by atoms with van der Waals surface area (Å²) in [5.74, 6) is -0.119. The number of pyridine rings is 2. The van der Waals surface area contributed by atoms with Crippen molar-refractivity contribution in [1.82, 2.24) is 14.5 Å². The highest BCUT2D eigenvalue weighted by Gasteiger charge is 2.39. The molecule has 0 radical (unpaired) electrons. The molecule has 0 saturated carbocycles. The summed E-state index contributed by atoms with van der Waals surface area (Å²) in [5.41, 5.74) is 8.06. The molecule has 30 heavy (non-hydrogen) atoms. The molecule has 0 fully saturated rings. The van der Waals surface area contributed by atoms with Crippen molar-refractivity contribution in [3.63, 3.8) is 0 Å². The molecule has 0 saturated heterocycles. The fourth-order valence-electron chi connectivity index (χ4n) is 3.54. The summed E-state index contributed by atoms with van der Waals surface area (Å²) in [6.45, 7) is 12.6. The third-order valence-corrected chi connectivity index (χ3v) is 10.1. The van der Waals surface area contributed by atoms with Crippen molar-refractivity contribution in [2.24, 2.45) is 0 Å². The zero-order valence-corrected chi connectivity index (χ0v) is 19.7. The van der Waals surface area contributed by atoms with E-state index in [1.807, 2.05) is 25.4 Å². The number of hydrogen-bond donors (Lipinski definition) is 2. The first-order valence-corrected chi connectivity index (χ1v) is 13.2. The van der Waals surface area contributed by atoms with Gasteiger partial charge in [-0.05, 0) is 57.0 Å². The largest absolute Gasteiger partial charge is 0.432 e. The van der Waals surface area contributed by atoms with Crippen LogP contribution in [0.2, 0.25) is 18.1 Å². The smallest absolute Gasteiger partial charge is 0.196 e. The minimum absolute atomic E-state index is 0.110. The number of carbonyl (C=O) groups excluding carboxylic acids is 1. The van der Waals surface area contributed by atoms with Crippen molar-refractivity contribution >= 4 is 30.7 Å². The van der Waals surface area contributed by atoms with E-state index in [1.165, 1.54) is 6.20 Å². The van der Waals surface area contributed by atoms with Crippen molar-refractivity contribution < 1.29 is 9.59 Å². The van der Waals surface area contributed by atoms with Crippen LogP contribution in [0.15, 0.2) is 43.1 Å². The van der Waals surface area contributed by atoms with Crippen molar-refractivity contribution in [3.05, 3.63) is 54.2 Å². The van der Waals surface area contributed by atoms with Gasteiger partial charge in [-0.3, -0.25) is 14.8 Å². The average molecular weight is 425 g/mol. The van der Waals surface area contributed by atoms with Gasteiger partial charge in [0.15, 0.2) is 14.1 Å². The third-order valence-electron chi connectivity index (χ3n) is 6.54. The lowest BCUT2D eigenvalue weighted by atomic mass is 9.93. The second-order valence-electron chi connectivity index (χ2n) is 9.90. The van der Waals surface area contributed by atoms with E-state index in [2.05, 4.69) is 42.2 Å². The second-order valence-corrected chi connectivity index (χ2v) is 14.4. The Bertz CT molecular complexity index is 1080. The Kier molecular flexibility index (Phi) is 5.64. The number of nitrogens with two attached hydrogens (primary N) is 1. The number of anilines is 1. The number of nitrogen functional groups attached to an aromatic ring is 1. The molecule has 0 unspecified atom stereocenters. The summed E-state index contributed by atoms with van der Waals surface area (Å²) < 4.78 is 2.17. The van der Waals surface area contributed by atoms with Gasteiger partial charge in [-0.15, -0.1) is 0 Å². The van der Waals surface area contributed by atoms with Gasteiger partial charge in [-0.2, -0.15) is 0 Å². The third kappa shape index (κ3) is 4.18. The summed E-state index contributed by atoms with van der Waals surface area (Å²) >= 11 is 0.